The Hall–Kier alpha value is -2.74. The highest BCUT2D eigenvalue weighted by Crippen LogP contribution is 2.22. The number of carbonyl (C=O) groups excluding carboxylic acids is 1. The molecule has 1 amide bonds. The Bertz CT molecular complexity index is 1080. The molecule has 1 aromatic carbocycles. The lowest BCUT2D eigenvalue weighted by Crippen LogP contribution is -2.45. The number of thiophene rings is 1. The third-order valence-electron chi connectivity index (χ3n) is 4.78. The highest BCUT2D eigenvalue weighted by atomic mass is 32.1. The maximum absolute atomic E-state index is 13.5. The zero-order valence-corrected chi connectivity index (χ0v) is 14.6. The molecular formula is C18H16FN3O3S. The van der Waals surface area contributed by atoms with Crippen molar-refractivity contribution in [2.75, 3.05) is 13.1 Å². The van der Waals surface area contributed by atoms with E-state index in [1.807, 2.05) is 10.8 Å². The van der Waals surface area contributed by atoms with Gasteiger partial charge in [-0.15, -0.1) is 0 Å². The standard InChI is InChI=1S/C18H16FN3O3S/c19-12-1-2-15-14(9-12)17(24)22(18(25)20-15)13-3-6-21(7-4-13)16(23)11-5-8-26-10-11/h1-2,5,8-10,13H,3-4,6-7H2,(H,20,25). The molecule has 1 aliphatic heterocycles. The Balaban J connectivity index is 1.61. The van der Waals surface area contributed by atoms with E-state index in [1.54, 1.807) is 11.0 Å². The number of amides is 1. The first-order valence-corrected chi connectivity index (χ1v) is 9.24. The minimum absolute atomic E-state index is 0.0356. The van der Waals surface area contributed by atoms with Crippen LogP contribution in [0.25, 0.3) is 10.9 Å². The molecule has 1 N–H and O–H groups in total. The molecule has 1 fully saturated rings. The Morgan fingerprint density at radius 2 is 1.96 bits per heavy atom. The number of fused-ring (bicyclic) bond motifs is 1. The second-order valence-electron chi connectivity index (χ2n) is 6.33. The molecule has 6 nitrogen and oxygen atoms in total. The number of rotatable bonds is 2. The van der Waals surface area contributed by atoms with Gasteiger partial charge >= 0.3 is 5.69 Å². The molecule has 0 aliphatic carbocycles. The number of aromatic nitrogens is 2. The van der Waals surface area contributed by atoms with Crippen LogP contribution in [0.15, 0.2) is 44.6 Å². The number of carbonyl (C=O) groups is 1. The maximum Gasteiger partial charge on any atom is 0.329 e. The summed E-state index contributed by atoms with van der Waals surface area (Å²) in [5, 5.41) is 3.82. The van der Waals surface area contributed by atoms with Crippen LogP contribution >= 0.6 is 11.3 Å². The summed E-state index contributed by atoms with van der Waals surface area (Å²) in [5.41, 5.74) is -0.0186. The molecule has 3 aromatic rings. The summed E-state index contributed by atoms with van der Waals surface area (Å²) in [7, 11) is 0. The highest BCUT2D eigenvalue weighted by molar-refractivity contribution is 7.08. The van der Waals surface area contributed by atoms with Crippen molar-refractivity contribution in [1.82, 2.24) is 14.5 Å². The van der Waals surface area contributed by atoms with Gasteiger partial charge in [0.25, 0.3) is 11.5 Å². The van der Waals surface area contributed by atoms with E-state index in [-0.39, 0.29) is 17.3 Å². The number of hydrogen-bond acceptors (Lipinski definition) is 4. The summed E-state index contributed by atoms with van der Waals surface area (Å²) in [6.07, 6.45) is 0.999. The van der Waals surface area contributed by atoms with Crippen LogP contribution in [0.1, 0.15) is 29.2 Å². The number of hydrogen-bond donors (Lipinski definition) is 1. The second-order valence-corrected chi connectivity index (χ2v) is 7.11. The fourth-order valence-corrected chi connectivity index (χ4v) is 4.06. The summed E-state index contributed by atoms with van der Waals surface area (Å²) >= 11 is 1.47. The van der Waals surface area contributed by atoms with Gasteiger partial charge in [0.2, 0.25) is 0 Å². The summed E-state index contributed by atoms with van der Waals surface area (Å²) in [6.45, 7) is 0.929. The van der Waals surface area contributed by atoms with Crippen LogP contribution in [-0.2, 0) is 0 Å². The molecule has 1 saturated heterocycles. The zero-order valence-electron chi connectivity index (χ0n) is 13.8. The fraction of sp³-hybridized carbons (Fsp3) is 0.278. The van der Waals surface area contributed by atoms with E-state index < -0.39 is 17.1 Å². The smallest absolute Gasteiger partial charge is 0.329 e. The molecular weight excluding hydrogens is 357 g/mol. The Morgan fingerprint density at radius 1 is 1.19 bits per heavy atom. The molecule has 2 aromatic heterocycles. The summed E-state index contributed by atoms with van der Waals surface area (Å²) in [6, 6.07) is 5.20. The van der Waals surface area contributed by atoms with Gasteiger partial charge in [-0.1, -0.05) is 0 Å². The largest absolute Gasteiger partial charge is 0.338 e. The predicted molar refractivity (Wildman–Crippen MR) is 97.3 cm³/mol. The van der Waals surface area contributed by atoms with E-state index in [9.17, 15) is 18.8 Å². The van der Waals surface area contributed by atoms with Gasteiger partial charge in [-0.3, -0.25) is 14.2 Å². The SMILES string of the molecule is O=C(c1ccsc1)N1CCC(n2c(=O)[nH]c3ccc(F)cc3c2=O)CC1. The molecule has 0 bridgehead atoms. The monoisotopic (exact) mass is 373 g/mol. The van der Waals surface area contributed by atoms with E-state index in [0.29, 0.717) is 37.0 Å². The Morgan fingerprint density at radius 3 is 2.65 bits per heavy atom. The Labute approximate surface area is 151 Å². The number of aromatic amines is 1. The van der Waals surface area contributed by atoms with Gasteiger partial charge < -0.3 is 9.88 Å². The quantitative estimate of drug-likeness (QED) is 0.749. The number of nitrogens with zero attached hydrogens (tertiary/aromatic N) is 2. The van der Waals surface area contributed by atoms with Gasteiger partial charge in [0.1, 0.15) is 5.82 Å². The van der Waals surface area contributed by atoms with Gasteiger partial charge in [0.15, 0.2) is 0 Å². The van der Waals surface area contributed by atoms with Gasteiger partial charge in [-0.2, -0.15) is 11.3 Å². The van der Waals surface area contributed by atoms with Crippen LogP contribution in [-0.4, -0.2) is 33.4 Å². The van der Waals surface area contributed by atoms with E-state index in [2.05, 4.69) is 4.98 Å². The molecule has 0 unspecified atom stereocenters. The summed E-state index contributed by atoms with van der Waals surface area (Å²) in [5.74, 6) is -0.559. The van der Waals surface area contributed by atoms with Crippen molar-refractivity contribution in [3.63, 3.8) is 0 Å². The number of benzene rings is 1. The third-order valence-corrected chi connectivity index (χ3v) is 5.46. The number of nitrogens with one attached hydrogen (secondary N) is 1. The lowest BCUT2D eigenvalue weighted by molar-refractivity contribution is 0.0692. The molecule has 134 valence electrons. The predicted octanol–water partition coefficient (Wildman–Crippen LogP) is 2.37. The van der Waals surface area contributed by atoms with Gasteiger partial charge in [-0.05, 0) is 42.5 Å². The number of H-pyrrole nitrogens is 1. The topological polar surface area (TPSA) is 75.2 Å². The molecule has 26 heavy (non-hydrogen) atoms. The molecule has 8 heteroatoms. The van der Waals surface area contributed by atoms with E-state index in [4.69, 9.17) is 0 Å². The molecule has 4 rings (SSSR count). The van der Waals surface area contributed by atoms with Crippen molar-refractivity contribution in [2.24, 2.45) is 0 Å². The zero-order chi connectivity index (χ0) is 18.3. The molecule has 0 saturated carbocycles. The van der Waals surface area contributed by atoms with Crippen molar-refractivity contribution < 1.29 is 9.18 Å². The molecule has 3 heterocycles. The van der Waals surface area contributed by atoms with Crippen molar-refractivity contribution >= 4 is 28.1 Å². The van der Waals surface area contributed by atoms with Gasteiger partial charge in [-0.25, -0.2) is 9.18 Å². The second kappa shape index (κ2) is 6.53. The van der Waals surface area contributed by atoms with Gasteiger partial charge in [0.05, 0.1) is 16.5 Å². The third kappa shape index (κ3) is 2.86. The summed E-state index contributed by atoms with van der Waals surface area (Å²) in [4.78, 5) is 41.9. The van der Waals surface area contributed by atoms with Crippen LogP contribution in [0.3, 0.4) is 0 Å². The van der Waals surface area contributed by atoms with Crippen LogP contribution in [0.2, 0.25) is 0 Å². The number of halogens is 1. The molecule has 0 spiro atoms. The first-order valence-electron chi connectivity index (χ1n) is 8.30. The van der Waals surface area contributed by atoms with Gasteiger partial charge in [0, 0.05) is 24.5 Å². The number of likely N-dealkylation sites (tertiary alicyclic amines) is 1. The lowest BCUT2D eigenvalue weighted by Gasteiger charge is -2.32. The van der Waals surface area contributed by atoms with Crippen LogP contribution < -0.4 is 11.2 Å². The van der Waals surface area contributed by atoms with Crippen molar-refractivity contribution in [3.05, 3.63) is 67.2 Å². The average Bonchev–Trinajstić information content (AvgIpc) is 3.17. The average molecular weight is 373 g/mol. The number of piperidine rings is 1. The van der Waals surface area contributed by atoms with E-state index in [0.717, 1.165) is 10.6 Å². The maximum atomic E-state index is 13.5. The molecule has 1 aliphatic rings. The highest BCUT2D eigenvalue weighted by Gasteiger charge is 2.27. The van der Waals surface area contributed by atoms with Crippen molar-refractivity contribution in [3.8, 4) is 0 Å². The van der Waals surface area contributed by atoms with Crippen LogP contribution in [0, 0.1) is 5.82 Å². The van der Waals surface area contributed by atoms with Crippen LogP contribution in [0.4, 0.5) is 4.39 Å². The lowest BCUT2D eigenvalue weighted by atomic mass is 10.0. The minimum Gasteiger partial charge on any atom is -0.338 e. The molecule has 0 atom stereocenters. The van der Waals surface area contributed by atoms with Crippen molar-refractivity contribution in [2.45, 2.75) is 18.9 Å². The van der Waals surface area contributed by atoms with Crippen molar-refractivity contribution in [1.29, 1.82) is 0 Å². The van der Waals surface area contributed by atoms with Crippen LogP contribution in [0.5, 0.6) is 0 Å². The minimum atomic E-state index is -0.524. The first-order chi connectivity index (χ1) is 12.5. The first kappa shape index (κ1) is 16.7. The van der Waals surface area contributed by atoms with E-state index >= 15 is 0 Å². The van der Waals surface area contributed by atoms with E-state index in [1.165, 1.54) is 23.5 Å². The normalized spacial score (nSPS) is 15.5. The fourth-order valence-electron chi connectivity index (χ4n) is 3.43. The summed E-state index contributed by atoms with van der Waals surface area (Å²) < 4.78 is 14.6. The molecule has 0 radical (unpaired) electrons. The Kier molecular flexibility index (Phi) is 4.20.